The number of benzene rings is 2. The number of halogens is 1. The average Bonchev–Trinajstić information content (AvgIpc) is 3.10. The van der Waals surface area contributed by atoms with E-state index in [0.717, 1.165) is 22.2 Å². The van der Waals surface area contributed by atoms with E-state index in [1.54, 1.807) is 42.5 Å². The molecule has 4 aromatic rings. The summed E-state index contributed by atoms with van der Waals surface area (Å²) in [4.78, 5) is 18.7. The zero-order valence-corrected chi connectivity index (χ0v) is 15.4. The Hall–Kier alpha value is -3.54. The van der Waals surface area contributed by atoms with E-state index in [4.69, 9.17) is 0 Å². The highest BCUT2D eigenvalue weighted by atomic mass is 19.1. The van der Waals surface area contributed by atoms with Crippen LogP contribution in [0, 0.1) is 5.82 Å². The zero-order valence-electron chi connectivity index (χ0n) is 15.4. The number of hydrogen-bond acceptors (Lipinski definition) is 3. The molecule has 2 heterocycles. The molecule has 28 heavy (non-hydrogen) atoms. The van der Waals surface area contributed by atoms with Crippen LogP contribution in [0.2, 0.25) is 0 Å². The van der Waals surface area contributed by atoms with Gasteiger partial charge in [-0.05, 0) is 29.3 Å². The van der Waals surface area contributed by atoms with E-state index in [0.29, 0.717) is 18.7 Å². The maximum absolute atomic E-state index is 13.4. The number of nitrogens with zero attached hydrogens (tertiary/aromatic N) is 4. The van der Waals surface area contributed by atoms with Gasteiger partial charge in [0.15, 0.2) is 5.65 Å². The van der Waals surface area contributed by atoms with Crippen molar-refractivity contribution in [3.63, 3.8) is 0 Å². The van der Waals surface area contributed by atoms with Crippen molar-refractivity contribution in [2.75, 3.05) is 7.05 Å². The van der Waals surface area contributed by atoms with Gasteiger partial charge in [-0.2, -0.15) is 5.10 Å². The molecule has 140 valence electrons. The minimum absolute atomic E-state index is 0.172. The third kappa shape index (κ3) is 3.76. The highest BCUT2D eigenvalue weighted by molar-refractivity contribution is 5.96. The molecule has 1 amide bonds. The SMILES string of the molecule is CN(Cc1cccc(F)c1)C(=O)c1cnc2c(cnn2Cc2ccccc2)c1. The fourth-order valence-electron chi connectivity index (χ4n) is 3.16. The molecule has 2 aromatic carbocycles. The minimum atomic E-state index is -0.313. The lowest BCUT2D eigenvalue weighted by Crippen LogP contribution is -2.26. The first kappa shape index (κ1) is 17.9. The first-order valence-corrected chi connectivity index (χ1v) is 8.95. The standard InChI is InChI=1S/C22H19FN4O/c1-26(14-17-8-5-9-20(23)10-17)22(28)19-11-18-13-25-27(21(18)24-12-19)15-16-6-3-2-4-7-16/h2-13H,14-15H2,1H3. The highest BCUT2D eigenvalue weighted by Gasteiger charge is 2.15. The number of carbonyl (C=O) groups is 1. The van der Waals surface area contributed by atoms with Gasteiger partial charge in [0.05, 0.1) is 18.3 Å². The van der Waals surface area contributed by atoms with Gasteiger partial charge in [0.1, 0.15) is 5.82 Å². The molecule has 0 unspecified atom stereocenters. The summed E-state index contributed by atoms with van der Waals surface area (Å²) >= 11 is 0. The zero-order chi connectivity index (χ0) is 19.5. The molecule has 5 nitrogen and oxygen atoms in total. The van der Waals surface area contributed by atoms with Gasteiger partial charge >= 0.3 is 0 Å². The van der Waals surface area contributed by atoms with Crippen molar-refractivity contribution in [3.8, 4) is 0 Å². The largest absolute Gasteiger partial charge is 0.337 e. The lowest BCUT2D eigenvalue weighted by atomic mass is 10.2. The molecule has 0 aliphatic heterocycles. The molecule has 0 saturated heterocycles. The lowest BCUT2D eigenvalue weighted by Gasteiger charge is -2.17. The Labute approximate surface area is 162 Å². The maximum Gasteiger partial charge on any atom is 0.255 e. The van der Waals surface area contributed by atoms with Crippen molar-refractivity contribution in [1.82, 2.24) is 19.7 Å². The quantitative estimate of drug-likeness (QED) is 0.533. The van der Waals surface area contributed by atoms with Crippen molar-refractivity contribution in [2.24, 2.45) is 0 Å². The summed E-state index contributed by atoms with van der Waals surface area (Å²) in [5, 5.41) is 5.21. The van der Waals surface area contributed by atoms with Gasteiger partial charge in [-0.15, -0.1) is 0 Å². The van der Waals surface area contributed by atoms with Gasteiger partial charge in [-0.1, -0.05) is 42.5 Å². The van der Waals surface area contributed by atoms with Crippen LogP contribution in [-0.2, 0) is 13.1 Å². The Balaban J connectivity index is 1.53. The first-order chi connectivity index (χ1) is 13.6. The smallest absolute Gasteiger partial charge is 0.255 e. The van der Waals surface area contributed by atoms with E-state index in [1.165, 1.54) is 12.1 Å². The molecule has 0 fully saturated rings. The number of fused-ring (bicyclic) bond motifs is 1. The second kappa shape index (κ2) is 7.60. The summed E-state index contributed by atoms with van der Waals surface area (Å²) in [5.74, 6) is -0.485. The number of carbonyl (C=O) groups excluding carboxylic acids is 1. The molecular weight excluding hydrogens is 355 g/mol. The summed E-state index contributed by atoms with van der Waals surface area (Å²) < 4.78 is 15.2. The van der Waals surface area contributed by atoms with Crippen molar-refractivity contribution in [3.05, 3.63) is 95.6 Å². The van der Waals surface area contributed by atoms with Crippen LogP contribution >= 0.6 is 0 Å². The van der Waals surface area contributed by atoms with Crippen LogP contribution in [0.3, 0.4) is 0 Å². The monoisotopic (exact) mass is 374 g/mol. The van der Waals surface area contributed by atoms with Crippen LogP contribution in [0.4, 0.5) is 4.39 Å². The van der Waals surface area contributed by atoms with E-state index in [-0.39, 0.29) is 11.7 Å². The summed E-state index contributed by atoms with van der Waals surface area (Å²) in [5.41, 5.74) is 3.07. The molecule has 0 atom stereocenters. The second-order valence-electron chi connectivity index (χ2n) is 6.72. The second-order valence-corrected chi connectivity index (χ2v) is 6.72. The number of pyridine rings is 1. The van der Waals surface area contributed by atoms with Gasteiger partial charge in [0.2, 0.25) is 0 Å². The van der Waals surface area contributed by atoms with E-state index in [9.17, 15) is 9.18 Å². The van der Waals surface area contributed by atoms with E-state index < -0.39 is 0 Å². The van der Waals surface area contributed by atoms with E-state index in [2.05, 4.69) is 10.1 Å². The van der Waals surface area contributed by atoms with Crippen molar-refractivity contribution in [2.45, 2.75) is 13.1 Å². The summed E-state index contributed by atoms with van der Waals surface area (Å²) in [6.07, 6.45) is 3.28. The van der Waals surface area contributed by atoms with Crippen LogP contribution in [0.1, 0.15) is 21.5 Å². The van der Waals surface area contributed by atoms with E-state index >= 15 is 0 Å². The van der Waals surface area contributed by atoms with Crippen LogP contribution in [0.15, 0.2) is 73.1 Å². The molecule has 0 bridgehead atoms. The first-order valence-electron chi connectivity index (χ1n) is 8.95. The van der Waals surface area contributed by atoms with Crippen LogP contribution in [0.5, 0.6) is 0 Å². The van der Waals surface area contributed by atoms with Crippen LogP contribution < -0.4 is 0 Å². The Morgan fingerprint density at radius 2 is 1.82 bits per heavy atom. The van der Waals surface area contributed by atoms with Crippen molar-refractivity contribution >= 4 is 16.9 Å². The Morgan fingerprint density at radius 1 is 1.04 bits per heavy atom. The topological polar surface area (TPSA) is 51.0 Å². The molecule has 0 aliphatic rings. The summed E-state index contributed by atoms with van der Waals surface area (Å²) in [6, 6.07) is 18.1. The molecule has 0 spiro atoms. The highest BCUT2D eigenvalue weighted by Crippen LogP contribution is 2.16. The van der Waals surface area contributed by atoms with Crippen LogP contribution in [-0.4, -0.2) is 32.6 Å². The summed E-state index contributed by atoms with van der Waals surface area (Å²) in [6.45, 7) is 0.937. The molecule has 0 saturated carbocycles. The Kier molecular flexibility index (Phi) is 4.85. The third-order valence-electron chi connectivity index (χ3n) is 4.55. The fraction of sp³-hybridized carbons (Fsp3) is 0.136. The van der Waals surface area contributed by atoms with Gasteiger partial charge in [-0.3, -0.25) is 4.79 Å². The molecule has 0 radical (unpaired) electrons. The van der Waals surface area contributed by atoms with Crippen LogP contribution in [0.25, 0.3) is 11.0 Å². The molecule has 6 heteroatoms. The normalized spacial score (nSPS) is 10.9. The van der Waals surface area contributed by atoms with Crippen molar-refractivity contribution < 1.29 is 9.18 Å². The number of aromatic nitrogens is 3. The van der Waals surface area contributed by atoms with Gasteiger partial charge in [-0.25, -0.2) is 14.1 Å². The summed E-state index contributed by atoms with van der Waals surface area (Å²) in [7, 11) is 1.69. The molecule has 4 rings (SSSR count). The minimum Gasteiger partial charge on any atom is -0.337 e. The third-order valence-corrected chi connectivity index (χ3v) is 4.55. The number of hydrogen-bond donors (Lipinski definition) is 0. The predicted octanol–water partition coefficient (Wildman–Crippen LogP) is 3.89. The number of rotatable bonds is 5. The predicted molar refractivity (Wildman–Crippen MR) is 105 cm³/mol. The molecule has 2 aromatic heterocycles. The molecule has 0 N–H and O–H groups in total. The van der Waals surface area contributed by atoms with Gasteiger partial charge in [0, 0.05) is 25.2 Å². The molecule has 0 aliphatic carbocycles. The Morgan fingerprint density at radius 3 is 2.61 bits per heavy atom. The fourth-order valence-corrected chi connectivity index (χ4v) is 3.16. The van der Waals surface area contributed by atoms with E-state index in [1.807, 2.05) is 35.0 Å². The Bertz CT molecular complexity index is 1120. The lowest BCUT2D eigenvalue weighted by molar-refractivity contribution is 0.0784. The average molecular weight is 374 g/mol. The van der Waals surface area contributed by atoms with Gasteiger partial charge in [0.25, 0.3) is 5.91 Å². The van der Waals surface area contributed by atoms with Crippen molar-refractivity contribution in [1.29, 1.82) is 0 Å². The number of amides is 1. The molecular formula is C22H19FN4O. The maximum atomic E-state index is 13.4. The van der Waals surface area contributed by atoms with Gasteiger partial charge < -0.3 is 4.90 Å².